The number of rotatable bonds is 5. The van der Waals surface area contributed by atoms with E-state index in [-0.39, 0.29) is 18.0 Å². The Labute approximate surface area is 114 Å². The van der Waals surface area contributed by atoms with Crippen molar-refractivity contribution in [1.29, 1.82) is 0 Å². The maximum atomic E-state index is 11.6. The Kier molecular flexibility index (Phi) is 4.28. The topological polar surface area (TPSA) is 78.7 Å². The molecule has 0 radical (unpaired) electrons. The lowest BCUT2D eigenvalue weighted by atomic mass is 10.3. The Bertz CT molecular complexity index is 612. The van der Waals surface area contributed by atoms with Crippen LogP contribution in [0.2, 0.25) is 0 Å². The van der Waals surface area contributed by atoms with Gasteiger partial charge in [0.25, 0.3) is 0 Å². The molecule has 0 aliphatic heterocycles. The van der Waals surface area contributed by atoms with Crippen LogP contribution in [0.4, 0.5) is 5.69 Å². The van der Waals surface area contributed by atoms with Crippen molar-refractivity contribution in [3.63, 3.8) is 0 Å². The molecule has 0 saturated heterocycles. The third-order valence-corrected chi connectivity index (χ3v) is 2.39. The fourth-order valence-corrected chi connectivity index (χ4v) is 1.51. The van der Waals surface area contributed by atoms with Crippen molar-refractivity contribution in [2.45, 2.75) is 0 Å². The van der Waals surface area contributed by atoms with Crippen LogP contribution in [0.15, 0.2) is 54.6 Å². The van der Waals surface area contributed by atoms with E-state index in [0.29, 0.717) is 5.75 Å². The first-order valence-corrected chi connectivity index (χ1v) is 5.79. The van der Waals surface area contributed by atoms with Crippen molar-refractivity contribution < 1.29 is 19.2 Å². The quantitative estimate of drug-likeness (QED) is 0.362. The number of carbonyl (C=O) groups is 1. The van der Waals surface area contributed by atoms with Crippen LogP contribution < -0.4 is 9.47 Å². The van der Waals surface area contributed by atoms with E-state index in [1.807, 2.05) is 6.07 Å². The van der Waals surface area contributed by atoms with Crippen molar-refractivity contribution in [1.82, 2.24) is 0 Å². The first kappa shape index (κ1) is 13.5. The van der Waals surface area contributed by atoms with Crippen molar-refractivity contribution in [3.05, 3.63) is 64.7 Å². The lowest BCUT2D eigenvalue weighted by Crippen LogP contribution is -2.18. The van der Waals surface area contributed by atoms with Crippen molar-refractivity contribution in [3.8, 4) is 11.5 Å². The average Bonchev–Trinajstić information content (AvgIpc) is 2.46. The van der Waals surface area contributed by atoms with Gasteiger partial charge in [-0.3, -0.25) is 10.1 Å². The zero-order valence-electron chi connectivity index (χ0n) is 10.4. The molecule has 0 atom stereocenters. The van der Waals surface area contributed by atoms with E-state index in [9.17, 15) is 14.9 Å². The van der Waals surface area contributed by atoms with Crippen molar-refractivity contribution in [2.24, 2.45) is 0 Å². The van der Waals surface area contributed by atoms with Crippen LogP contribution in [-0.4, -0.2) is 17.5 Å². The maximum Gasteiger partial charge on any atom is 0.349 e. The van der Waals surface area contributed by atoms with E-state index < -0.39 is 10.9 Å². The van der Waals surface area contributed by atoms with Crippen LogP contribution in [0.1, 0.15) is 0 Å². The molecule has 0 N–H and O–H groups in total. The molecule has 2 rings (SSSR count). The Hall–Kier alpha value is -2.89. The molecule has 0 heterocycles. The monoisotopic (exact) mass is 273 g/mol. The molecule has 2 aromatic rings. The average molecular weight is 273 g/mol. The first-order chi connectivity index (χ1) is 9.66. The van der Waals surface area contributed by atoms with Gasteiger partial charge in [0, 0.05) is 6.07 Å². The van der Waals surface area contributed by atoms with Gasteiger partial charge in [-0.1, -0.05) is 30.3 Å². The molecule has 0 aromatic heterocycles. The molecule has 20 heavy (non-hydrogen) atoms. The fourth-order valence-electron chi connectivity index (χ4n) is 1.51. The zero-order valence-corrected chi connectivity index (χ0v) is 10.4. The highest BCUT2D eigenvalue weighted by Gasteiger charge is 2.17. The van der Waals surface area contributed by atoms with E-state index in [1.54, 1.807) is 30.3 Å². The lowest BCUT2D eigenvalue weighted by molar-refractivity contribution is -0.385. The summed E-state index contributed by atoms with van der Waals surface area (Å²) in [5, 5.41) is 10.8. The van der Waals surface area contributed by atoms with E-state index in [1.165, 1.54) is 18.2 Å². The van der Waals surface area contributed by atoms with Crippen LogP contribution in [0.3, 0.4) is 0 Å². The lowest BCUT2D eigenvalue weighted by Gasteiger charge is -2.06. The number of nitro benzene ring substituents is 1. The minimum absolute atomic E-state index is 0.0980. The SMILES string of the molecule is O=C(COc1ccccc1)Oc1ccccc1[N+](=O)[O-]. The summed E-state index contributed by atoms with van der Waals surface area (Å²) in [6.07, 6.45) is 0. The number of benzene rings is 2. The zero-order chi connectivity index (χ0) is 14.4. The molecule has 0 aliphatic carbocycles. The summed E-state index contributed by atoms with van der Waals surface area (Å²) in [7, 11) is 0. The van der Waals surface area contributed by atoms with Crippen LogP contribution in [-0.2, 0) is 4.79 Å². The van der Waals surface area contributed by atoms with Crippen molar-refractivity contribution in [2.75, 3.05) is 6.61 Å². The van der Waals surface area contributed by atoms with Gasteiger partial charge < -0.3 is 9.47 Å². The molecule has 0 bridgehead atoms. The number of ether oxygens (including phenoxy) is 2. The molecular weight excluding hydrogens is 262 g/mol. The molecule has 0 unspecified atom stereocenters. The van der Waals surface area contributed by atoms with Crippen LogP contribution in [0.25, 0.3) is 0 Å². The number of para-hydroxylation sites is 3. The summed E-state index contributed by atoms with van der Waals surface area (Å²) >= 11 is 0. The van der Waals surface area contributed by atoms with Gasteiger partial charge in [-0.15, -0.1) is 0 Å². The van der Waals surface area contributed by atoms with Crippen LogP contribution >= 0.6 is 0 Å². The molecule has 0 spiro atoms. The van der Waals surface area contributed by atoms with E-state index in [4.69, 9.17) is 9.47 Å². The molecule has 0 fully saturated rings. The summed E-state index contributed by atoms with van der Waals surface area (Å²) in [6.45, 7) is -0.323. The van der Waals surface area contributed by atoms with Gasteiger partial charge in [0.05, 0.1) is 4.92 Å². The number of nitrogens with zero attached hydrogens (tertiary/aromatic N) is 1. The van der Waals surface area contributed by atoms with Gasteiger partial charge in [-0.05, 0) is 18.2 Å². The number of nitro groups is 1. The van der Waals surface area contributed by atoms with E-state index >= 15 is 0 Å². The Morgan fingerprint density at radius 3 is 2.40 bits per heavy atom. The second kappa shape index (κ2) is 6.33. The van der Waals surface area contributed by atoms with Gasteiger partial charge >= 0.3 is 11.7 Å². The molecule has 6 heteroatoms. The Morgan fingerprint density at radius 2 is 1.70 bits per heavy atom. The number of esters is 1. The standard InChI is InChI=1S/C14H11NO5/c16-14(10-19-11-6-2-1-3-7-11)20-13-9-5-4-8-12(13)15(17)18/h1-9H,10H2. The normalized spacial score (nSPS) is 9.80. The molecule has 6 nitrogen and oxygen atoms in total. The Morgan fingerprint density at radius 1 is 1.05 bits per heavy atom. The molecule has 0 aliphatic rings. The van der Waals surface area contributed by atoms with E-state index in [2.05, 4.69) is 0 Å². The second-order valence-corrected chi connectivity index (χ2v) is 3.80. The third-order valence-electron chi connectivity index (χ3n) is 2.39. The summed E-state index contributed by atoms with van der Waals surface area (Å²) in [4.78, 5) is 21.7. The highest BCUT2D eigenvalue weighted by atomic mass is 16.6. The number of hydrogen-bond acceptors (Lipinski definition) is 5. The molecule has 102 valence electrons. The summed E-state index contributed by atoms with van der Waals surface area (Å²) in [5.41, 5.74) is -0.263. The Balaban J connectivity index is 1.97. The third kappa shape index (κ3) is 3.55. The first-order valence-electron chi connectivity index (χ1n) is 5.79. The van der Waals surface area contributed by atoms with Crippen LogP contribution in [0, 0.1) is 10.1 Å². The van der Waals surface area contributed by atoms with Gasteiger partial charge in [-0.25, -0.2) is 4.79 Å². The maximum absolute atomic E-state index is 11.6. The van der Waals surface area contributed by atoms with Gasteiger partial charge in [-0.2, -0.15) is 0 Å². The van der Waals surface area contributed by atoms with Crippen molar-refractivity contribution >= 4 is 11.7 Å². The number of hydrogen-bond donors (Lipinski definition) is 0. The highest BCUT2D eigenvalue weighted by molar-refractivity contribution is 5.75. The van der Waals surface area contributed by atoms with Crippen LogP contribution in [0.5, 0.6) is 11.5 Å². The predicted molar refractivity (Wildman–Crippen MR) is 70.7 cm³/mol. The summed E-state index contributed by atoms with van der Waals surface area (Å²) in [6, 6.07) is 14.4. The minimum Gasteiger partial charge on any atom is -0.482 e. The number of carbonyl (C=O) groups excluding carboxylic acids is 1. The molecular formula is C14H11NO5. The minimum atomic E-state index is -0.705. The van der Waals surface area contributed by atoms with Gasteiger partial charge in [0.15, 0.2) is 6.61 Å². The van der Waals surface area contributed by atoms with Gasteiger partial charge in [0.1, 0.15) is 5.75 Å². The summed E-state index contributed by atoms with van der Waals surface area (Å²) < 4.78 is 10.1. The predicted octanol–water partition coefficient (Wildman–Crippen LogP) is 2.58. The smallest absolute Gasteiger partial charge is 0.349 e. The summed E-state index contributed by atoms with van der Waals surface area (Å²) in [5.74, 6) is -0.283. The molecule has 2 aromatic carbocycles. The van der Waals surface area contributed by atoms with Gasteiger partial charge in [0.2, 0.25) is 5.75 Å². The molecule has 0 amide bonds. The fraction of sp³-hybridized carbons (Fsp3) is 0.0714. The van der Waals surface area contributed by atoms with E-state index in [0.717, 1.165) is 0 Å². The highest BCUT2D eigenvalue weighted by Crippen LogP contribution is 2.25. The molecule has 0 saturated carbocycles. The second-order valence-electron chi connectivity index (χ2n) is 3.80. The largest absolute Gasteiger partial charge is 0.482 e.